The summed E-state index contributed by atoms with van der Waals surface area (Å²) in [6, 6.07) is 0. The Kier molecular flexibility index (Phi) is 3.34. The highest BCUT2D eigenvalue weighted by molar-refractivity contribution is 5.86. The summed E-state index contributed by atoms with van der Waals surface area (Å²) in [7, 11) is 1.60. The van der Waals surface area contributed by atoms with Crippen LogP contribution in [0.5, 0.6) is 0 Å². The Morgan fingerprint density at radius 1 is 1.53 bits per heavy atom. The number of rotatable bonds is 5. The van der Waals surface area contributed by atoms with Crippen molar-refractivity contribution in [2.45, 2.75) is 31.7 Å². The molecule has 0 spiro atoms. The van der Waals surface area contributed by atoms with Gasteiger partial charge in [0, 0.05) is 13.6 Å². The number of carboxylic acid groups (broad SMARTS) is 1. The molecule has 86 valence electrons. The topological polar surface area (TPSA) is 83.6 Å². The van der Waals surface area contributed by atoms with Gasteiger partial charge in [-0.05, 0) is 25.7 Å². The third-order valence-corrected chi connectivity index (χ3v) is 2.89. The van der Waals surface area contributed by atoms with Gasteiger partial charge in [0.1, 0.15) is 0 Å². The van der Waals surface area contributed by atoms with E-state index in [9.17, 15) is 9.59 Å². The van der Waals surface area contributed by atoms with Gasteiger partial charge in [0.15, 0.2) is 0 Å². The van der Waals surface area contributed by atoms with Gasteiger partial charge in [-0.25, -0.2) is 0 Å². The third kappa shape index (κ3) is 2.92. The molecule has 0 bridgehead atoms. The minimum absolute atomic E-state index is 0.0387. The van der Waals surface area contributed by atoms with Crippen molar-refractivity contribution in [2.24, 2.45) is 11.7 Å². The number of amides is 1. The van der Waals surface area contributed by atoms with E-state index in [1.807, 2.05) is 0 Å². The molecule has 1 fully saturated rings. The predicted molar refractivity (Wildman–Crippen MR) is 55.2 cm³/mol. The molecule has 5 nitrogen and oxygen atoms in total. The molecule has 1 saturated carbocycles. The van der Waals surface area contributed by atoms with Crippen molar-refractivity contribution >= 4 is 11.9 Å². The lowest BCUT2D eigenvalue weighted by Crippen LogP contribution is -2.54. The minimum atomic E-state index is -0.903. The van der Waals surface area contributed by atoms with Crippen LogP contribution >= 0.6 is 0 Å². The minimum Gasteiger partial charge on any atom is -0.481 e. The van der Waals surface area contributed by atoms with Crippen molar-refractivity contribution in [3.05, 3.63) is 0 Å². The molecule has 5 heteroatoms. The van der Waals surface area contributed by atoms with E-state index in [4.69, 9.17) is 10.8 Å². The fourth-order valence-electron chi connectivity index (χ4n) is 1.63. The monoisotopic (exact) mass is 214 g/mol. The highest BCUT2D eigenvalue weighted by atomic mass is 16.4. The number of hydrogen-bond acceptors (Lipinski definition) is 3. The number of hydrogen-bond donors (Lipinski definition) is 2. The molecule has 1 aliphatic carbocycles. The van der Waals surface area contributed by atoms with Crippen molar-refractivity contribution in [3.8, 4) is 0 Å². The molecule has 1 atom stereocenters. The van der Waals surface area contributed by atoms with E-state index in [1.165, 1.54) is 4.90 Å². The van der Waals surface area contributed by atoms with Crippen molar-refractivity contribution < 1.29 is 14.7 Å². The number of carbonyl (C=O) groups is 2. The van der Waals surface area contributed by atoms with Gasteiger partial charge >= 0.3 is 5.97 Å². The molecular formula is C10H18N2O3. The Morgan fingerprint density at radius 2 is 2.07 bits per heavy atom. The largest absolute Gasteiger partial charge is 0.481 e. The van der Waals surface area contributed by atoms with E-state index < -0.39 is 11.5 Å². The first-order valence-corrected chi connectivity index (χ1v) is 5.12. The first kappa shape index (κ1) is 12.0. The van der Waals surface area contributed by atoms with E-state index >= 15 is 0 Å². The number of likely N-dealkylation sites (N-methyl/N-ethyl adjacent to an activating group) is 1. The molecule has 0 aromatic carbocycles. The second kappa shape index (κ2) is 4.18. The molecule has 0 aromatic rings. The van der Waals surface area contributed by atoms with Crippen LogP contribution in [0.15, 0.2) is 0 Å². The summed E-state index contributed by atoms with van der Waals surface area (Å²) in [4.78, 5) is 23.6. The molecule has 3 N–H and O–H groups in total. The van der Waals surface area contributed by atoms with Crippen molar-refractivity contribution in [2.75, 3.05) is 13.6 Å². The smallest absolute Gasteiger partial charge is 0.305 e. The standard InChI is InChI=1S/C10H18N2O3/c1-10(11,7-3-4-7)9(15)12(2)6-5-8(13)14/h7H,3-6,11H2,1-2H3,(H,13,14). The molecule has 0 radical (unpaired) electrons. The third-order valence-electron chi connectivity index (χ3n) is 2.89. The summed E-state index contributed by atoms with van der Waals surface area (Å²) in [5.41, 5.74) is 5.11. The zero-order valence-electron chi connectivity index (χ0n) is 9.19. The van der Waals surface area contributed by atoms with E-state index in [2.05, 4.69) is 0 Å². The number of carboxylic acids is 1. The second-order valence-electron chi connectivity index (χ2n) is 4.43. The first-order chi connectivity index (χ1) is 6.85. The SMILES string of the molecule is CN(CCC(=O)O)C(=O)C(C)(N)C1CC1. The van der Waals surface area contributed by atoms with Crippen LogP contribution in [0.25, 0.3) is 0 Å². The van der Waals surface area contributed by atoms with Crippen molar-refractivity contribution in [1.29, 1.82) is 0 Å². The molecule has 1 aliphatic rings. The van der Waals surface area contributed by atoms with Gasteiger partial charge in [-0.2, -0.15) is 0 Å². The van der Waals surface area contributed by atoms with Crippen LogP contribution in [0.3, 0.4) is 0 Å². The molecule has 0 saturated heterocycles. The van der Waals surface area contributed by atoms with Gasteiger partial charge in [-0.15, -0.1) is 0 Å². The summed E-state index contributed by atoms with van der Waals surface area (Å²) in [6.45, 7) is 1.94. The zero-order chi connectivity index (χ0) is 11.6. The van der Waals surface area contributed by atoms with E-state index in [-0.39, 0.29) is 24.8 Å². The van der Waals surface area contributed by atoms with Crippen LogP contribution in [-0.2, 0) is 9.59 Å². The van der Waals surface area contributed by atoms with Gasteiger partial charge in [-0.1, -0.05) is 0 Å². The average molecular weight is 214 g/mol. The van der Waals surface area contributed by atoms with Crippen molar-refractivity contribution in [1.82, 2.24) is 4.90 Å². The van der Waals surface area contributed by atoms with Crippen molar-refractivity contribution in [3.63, 3.8) is 0 Å². The molecule has 0 heterocycles. The number of nitrogens with zero attached hydrogens (tertiary/aromatic N) is 1. The Labute approximate surface area is 89.2 Å². The van der Waals surface area contributed by atoms with Gasteiger partial charge in [-0.3, -0.25) is 9.59 Å². The van der Waals surface area contributed by atoms with Crippen LogP contribution in [0.4, 0.5) is 0 Å². The quantitative estimate of drug-likeness (QED) is 0.677. The maximum atomic E-state index is 11.9. The fraction of sp³-hybridized carbons (Fsp3) is 0.800. The summed E-state index contributed by atoms with van der Waals surface area (Å²) >= 11 is 0. The summed E-state index contributed by atoms with van der Waals surface area (Å²) in [5.74, 6) is -0.802. The average Bonchev–Trinajstić information content (AvgIpc) is 2.95. The Bertz CT molecular complexity index is 272. The molecule has 1 unspecified atom stereocenters. The lowest BCUT2D eigenvalue weighted by atomic mass is 9.95. The lowest BCUT2D eigenvalue weighted by Gasteiger charge is -2.28. The normalized spacial score (nSPS) is 19.4. The summed E-state index contributed by atoms with van der Waals surface area (Å²) < 4.78 is 0. The van der Waals surface area contributed by atoms with Crippen LogP contribution in [0.2, 0.25) is 0 Å². The molecular weight excluding hydrogens is 196 g/mol. The highest BCUT2D eigenvalue weighted by Gasteiger charge is 2.45. The van der Waals surface area contributed by atoms with Gasteiger partial charge in [0.2, 0.25) is 5.91 Å². The molecule has 1 amide bonds. The molecule has 1 rings (SSSR count). The lowest BCUT2D eigenvalue weighted by molar-refractivity contribution is -0.139. The zero-order valence-corrected chi connectivity index (χ0v) is 9.19. The van der Waals surface area contributed by atoms with Gasteiger partial charge < -0.3 is 15.7 Å². The molecule has 0 aromatic heterocycles. The maximum Gasteiger partial charge on any atom is 0.305 e. The van der Waals surface area contributed by atoms with Crippen LogP contribution in [0, 0.1) is 5.92 Å². The number of nitrogens with two attached hydrogens (primary N) is 1. The summed E-state index contributed by atoms with van der Waals surface area (Å²) in [6.07, 6.45) is 1.94. The first-order valence-electron chi connectivity index (χ1n) is 5.12. The second-order valence-corrected chi connectivity index (χ2v) is 4.43. The number of carbonyl (C=O) groups excluding carboxylic acids is 1. The fourth-order valence-corrected chi connectivity index (χ4v) is 1.63. The molecule has 15 heavy (non-hydrogen) atoms. The van der Waals surface area contributed by atoms with E-state index in [1.54, 1.807) is 14.0 Å². The van der Waals surface area contributed by atoms with Crippen LogP contribution in [0.1, 0.15) is 26.2 Å². The Morgan fingerprint density at radius 3 is 2.47 bits per heavy atom. The van der Waals surface area contributed by atoms with Crippen LogP contribution < -0.4 is 5.73 Å². The maximum absolute atomic E-state index is 11.9. The Balaban J connectivity index is 2.47. The summed E-state index contributed by atoms with van der Waals surface area (Å²) in [5, 5.41) is 8.50. The van der Waals surface area contributed by atoms with Crippen LogP contribution in [-0.4, -0.2) is 41.0 Å². The van der Waals surface area contributed by atoms with E-state index in [0.717, 1.165) is 12.8 Å². The Hall–Kier alpha value is -1.10. The number of aliphatic carboxylic acids is 1. The highest BCUT2D eigenvalue weighted by Crippen LogP contribution is 2.38. The predicted octanol–water partition coefficient (Wildman–Crippen LogP) is 0.0469. The molecule has 0 aliphatic heterocycles. The van der Waals surface area contributed by atoms with E-state index in [0.29, 0.717) is 0 Å². The van der Waals surface area contributed by atoms with Gasteiger partial charge in [0.25, 0.3) is 0 Å². The van der Waals surface area contributed by atoms with Gasteiger partial charge in [0.05, 0.1) is 12.0 Å².